The van der Waals surface area contributed by atoms with Crippen LogP contribution in [0, 0.1) is 5.82 Å². The molecule has 0 spiro atoms. The molecule has 0 radical (unpaired) electrons. The second-order valence-corrected chi connectivity index (χ2v) is 5.92. The first-order valence-corrected chi connectivity index (χ1v) is 7.51. The van der Waals surface area contributed by atoms with Crippen LogP contribution in [0.25, 0.3) is 0 Å². The average Bonchev–Trinajstić information content (AvgIpc) is 2.76. The molecule has 1 amide bonds. The van der Waals surface area contributed by atoms with Gasteiger partial charge in [-0.05, 0) is 37.3 Å². The predicted molar refractivity (Wildman–Crippen MR) is 75.8 cm³/mol. The maximum Gasteiger partial charge on any atom is 0.220 e. The number of hydrogen-bond acceptors (Lipinski definition) is 2. The fraction of sp³-hybridized carbons (Fsp3) is 0.562. The first kappa shape index (κ1) is 13.6. The van der Waals surface area contributed by atoms with E-state index in [0.29, 0.717) is 18.9 Å². The molecule has 2 aliphatic rings. The SMILES string of the molecule is O=C1CCCCC2N[C@@H](Cc3ccccc3F)CC2N1. The molecule has 2 fully saturated rings. The molecule has 2 unspecified atom stereocenters. The van der Waals surface area contributed by atoms with Gasteiger partial charge >= 0.3 is 0 Å². The van der Waals surface area contributed by atoms with Gasteiger partial charge in [-0.25, -0.2) is 4.39 Å². The lowest BCUT2D eigenvalue weighted by atomic mass is 9.97. The molecular formula is C16H21FN2O. The topological polar surface area (TPSA) is 41.1 Å². The van der Waals surface area contributed by atoms with Crippen LogP contribution < -0.4 is 10.6 Å². The average molecular weight is 276 g/mol. The number of hydrogen-bond donors (Lipinski definition) is 2. The number of carbonyl (C=O) groups is 1. The molecule has 108 valence electrons. The van der Waals surface area contributed by atoms with Gasteiger partial charge in [0.1, 0.15) is 5.82 Å². The normalized spacial score (nSPS) is 30.2. The predicted octanol–water partition coefficient (Wildman–Crippen LogP) is 2.16. The van der Waals surface area contributed by atoms with Crippen LogP contribution in [0.2, 0.25) is 0 Å². The fourth-order valence-corrected chi connectivity index (χ4v) is 3.40. The summed E-state index contributed by atoms with van der Waals surface area (Å²) in [5, 5.41) is 6.69. The number of carbonyl (C=O) groups excluding carboxylic acids is 1. The number of amides is 1. The highest BCUT2D eigenvalue weighted by molar-refractivity contribution is 5.76. The Bertz CT molecular complexity index is 491. The summed E-state index contributed by atoms with van der Waals surface area (Å²) in [6.07, 6.45) is 5.38. The van der Waals surface area contributed by atoms with Gasteiger partial charge in [0.15, 0.2) is 0 Å². The minimum Gasteiger partial charge on any atom is -0.352 e. The molecule has 1 aromatic rings. The van der Waals surface area contributed by atoms with E-state index in [1.54, 1.807) is 6.07 Å². The summed E-state index contributed by atoms with van der Waals surface area (Å²) in [6, 6.07) is 7.74. The lowest BCUT2D eigenvalue weighted by Gasteiger charge is -2.23. The highest BCUT2D eigenvalue weighted by Gasteiger charge is 2.35. The fourth-order valence-electron chi connectivity index (χ4n) is 3.40. The molecule has 0 saturated carbocycles. The summed E-state index contributed by atoms with van der Waals surface area (Å²) in [5.41, 5.74) is 0.755. The Balaban J connectivity index is 1.66. The first-order valence-electron chi connectivity index (χ1n) is 7.51. The molecule has 3 rings (SSSR count). The monoisotopic (exact) mass is 276 g/mol. The molecule has 2 aliphatic heterocycles. The molecule has 2 saturated heterocycles. The summed E-state index contributed by atoms with van der Waals surface area (Å²) in [4.78, 5) is 11.7. The maximum absolute atomic E-state index is 13.7. The van der Waals surface area contributed by atoms with Crippen molar-refractivity contribution in [3.8, 4) is 0 Å². The van der Waals surface area contributed by atoms with Gasteiger partial charge < -0.3 is 10.6 Å². The molecule has 3 nitrogen and oxygen atoms in total. The molecule has 0 bridgehead atoms. The van der Waals surface area contributed by atoms with Crippen molar-refractivity contribution in [1.29, 1.82) is 0 Å². The van der Waals surface area contributed by atoms with Crippen molar-refractivity contribution in [2.45, 2.75) is 56.7 Å². The van der Waals surface area contributed by atoms with E-state index >= 15 is 0 Å². The van der Waals surface area contributed by atoms with E-state index < -0.39 is 0 Å². The Labute approximate surface area is 118 Å². The largest absolute Gasteiger partial charge is 0.352 e. The molecule has 0 aliphatic carbocycles. The summed E-state index contributed by atoms with van der Waals surface area (Å²) in [7, 11) is 0. The Morgan fingerprint density at radius 1 is 1.20 bits per heavy atom. The van der Waals surface area contributed by atoms with Crippen LogP contribution in [0.1, 0.15) is 37.7 Å². The van der Waals surface area contributed by atoms with Gasteiger partial charge in [-0.2, -0.15) is 0 Å². The zero-order valence-corrected chi connectivity index (χ0v) is 11.6. The third kappa shape index (κ3) is 3.01. The van der Waals surface area contributed by atoms with E-state index in [1.165, 1.54) is 6.07 Å². The van der Waals surface area contributed by atoms with Crippen LogP contribution in [0.3, 0.4) is 0 Å². The smallest absolute Gasteiger partial charge is 0.220 e. The van der Waals surface area contributed by atoms with Crippen LogP contribution in [-0.4, -0.2) is 24.0 Å². The molecular weight excluding hydrogens is 255 g/mol. The van der Waals surface area contributed by atoms with Crippen molar-refractivity contribution in [3.05, 3.63) is 35.6 Å². The highest BCUT2D eigenvalue weighted by atomic mass is 19.1. The zero-order valence-electron chi connectivity index (χ0n) is 11.6. The molecule has 0 aromatic heterocycles. The Morgan fingerprint density at radius 2 is 2.05 bits per heavy atom. The molecule has 2 N–H and O–H groups in total. The van der Waals surface area contributed by atoms with Crippen molar-refractivity contribution >= 4 is 5.91 Å². The third-order valence-corrected chi connectivity index (χ3v) is 4.41. The van der Waals surface area contributed by atoms with E-state index in [4.69, 9.17) is 0 Å². The van der Waals surface area contributed by atoms with Gasteiger partial charge in [0.2, 0.25) is 5.91 Å². The van der Waals surface area contributed by atoms with Crippen LogP contribution in [0.4, 0.5) is 4.39 Å². The van der Waals surface area contributed by atoms with Gasteiger partial charge in [0.05, 0.1) is 0 Å². The summed E-state index contributed by atoms with van der Waals surface area (Å²) < 4.78 is 13.7. The molecule has 20 heavy (non-hydrogen) atoms. The molecule has 4 heteroatoms. The maximum atomic E-state index is 13.7. The first-order chi connectivity index (χ1) is 9.72. The summed E-state index contributed by atoms with van der Waals surface area (Å²) in [5.74, 6) is 0.0238. The highest BCUT2D eigenvalue weighted by Crippen LogP contribution is 2.23. The lowest BCUT2D eigenvalue weighted by molar-refractivity contribution is -0.122. The zero-order chi connectivity index (χ0) is 13.9. The number of halogens is 1. The van der Waals surface area contributed by atoms with E-state index in [-0.39, 0.29) is 23.8 Å². The number of benzene rings is 1. The lowest BCUT2D eigenvalue weighted by Crippen LogP contribution is -2.44. The van der Waals surface area contributed by atoms with Crippen LogP contribution in [-0.2, 0) is 11.2 Å². The van der Waals surface area contributed by atoms with Gasteiger partial charge in [-0.1, -0.05) is 24.6 Å². The number of rotatable bonds is 2. The van der Waals surface area contributed by atoms with Crippen molar-refractivity contribution < 1.29 is 9.18 Å². The van der Waals surface area contributed by atoms with E-state index in [1.807, 2.05) is 12.1 Å². The van der Waals surface area contributed by atoms with Crippen molar-refractivity contribution in [2.24, 2.45) is 0 Å². The van der Waals surface area contributed by atoms with Crippen LogP contribution >= 0.6 is 0 Å². The van der Waals surface area contributed by atoms with Gasteiger partial charge in [0.25, 0.3) is 0 Å². The van der Waals surface area contributed by atoms with Crippen molar-refractivity contribution in [3.63, 3.8) is 0 Å². The van der Waals surface area contributed by atoms with Gasteiger partial charge in [0, 0.05) is 24.5 Å². The second-order valence-electron chi connectivity index (χ2n) is 5.92. The summed E-state index contributed by atoms with van der Waals surface area (Å²) >= 11 is 0. The van der Waals surface area contributed by atoms with Gasteiger partial charge in [-0.3, -0.25) is 4.79 Å². The number of fused-ring (bicyclic) bond motifs is 1. The van der Waals surface area contributed by atoms with Crippen molar-refractivity contribution in [2.75, 3.05) is 0 Å². The molecule has 3 atom stereocenters. The Hall–Kier alpha value is -1.42. The minimum atomic E-state index is -0.136. The summed E-state index contributed by atoms with van der Waals surface area (Å²) in [6.45, 7) is 0. The van der Waals surface area contributed by atoms with Crippen LogP contribution in [0.5, 0.6) is 0 Å². The van der Waals surface area contributed by atoms with Crippen molar-refractivity contribution in [1.82, 2.24) is 10.6 Å². The quantitative estimate of drug-likeness (QED) is 0.869. The third-order valence-electron chi connectivity index (χ3n) is 4.41. The standard InChI is InChI=1S/C16H21FN2O/c17-13-6-2-1-5-11(13)9-12-10-15-14(18-12)7-3-4-8-16(20)19-15/h1-2,5-6,12,14-15,18H,3-4,7-10H2,(H,19,20)/t12-,14?,15?/m0/s1. The molecule has 2 heterocycles. The second kappa shape index (κ2) is 5.92. The van der Waals surface area contributed by atoms with E-state index in [9.17, 15) is 9.18 Å². The Morgan fingerprint density at radius 3 is 2.90 bits per heavy atom. The number of nitrogens with one attached hydrogen (secondary N) is 2. The molecule has 1 aromatic carbocycles. The minimum absolute atomic E-state index is 0.136. The van der Waals surface area contributed by atoms with Crippen LogP contribution in [0.15, 0.2) is 24.3 Å². The van der Waals surface area contributed by atoms with E-state index in [2.05, 4.69) is 10.6 Å². The Kier molecular flexibility index (Phi) is 4.01. The van der Waals surface area contributed by atoms with E-state index in [0.717, 1.165) is 31.2 Å². The van der Waals surface area contributed by atoms with Gasteiger partial charge in [-0.15, -0.1) is 0 Å².